The van der Waals surface area contributed by atoms with Gasteiger partial charge in [0, 0.05) is 35.7 Å². The molecule has 29 heavy (non-hydrogen) atoms. The van der Waals surface area contributed by atoms with E-state index in [1.54, 1.807) is 6.07 Å². The molecule has 4 N–H and O–H groups in total. The number of amides is 1. The molecule has 6 heteroatoms. The average Bonchev–Trinajstić information content (AvgIpc) is 3.44. The quantitative estimate of drug-likeness (QED) is 0.600. The van der Waals surface area contributed by atoms with Crippen LogP contribution in [0, 0.1) is 5.92 Å². The van der Waals surface area contributed by atoms with Crippen molar-refractivity contribution in [1.82, 2.24) is 0 Å². The Morgan fingerprint density at radius 1 is 1.14 bits per heavy atom. The van der Waals surface area contributed by atoms with Crippen LogP contribution in [-0.2, 0) is 16.6 Å². The summed E-state index contributed by atoms with van der Waals surface area (Å²) in [7, 11) is 0. The van der Waals surface area contributed by atoms with Crippen molar-refractivity contribution in [2.45, 2.75) is 37.1 Å². The van der Waals surface area contributed by atoms with Gasteiger partial charge < -0.3 is 20.8 Å². The monoisotopic (exact) mass is 389 g/mol. The molecule has 0 spiro atoms. The molecule has 2 heterocycles. The van der Waals surface area contributed by atoms with Gasteiger partial charge in [-0.05, 0) is 67.1 Å². The molecular formula is C23H23N3O3. The van der Waals surface area contributed by atoms with Gasteiger partial charge in [0.1, 0.15) is 0 Å². The second-order valence-corrected chi connectivity index (χ2v) is 8.14. The standard InChI is InChI=1S/C23H23N3O3/c27-20-4-1-16(13-21(20)28)23(7-8-23)22(29)25-17-2-3-18-15(11-17)12-19(26-18)14-5-9-24-10-6-14/h1-5,9-11,13-14,19,26-28H,6-8,12H2,(H,25,29). The Morgan fingerprint density at radius 3 is 2.72 bits per heavy atom. The van der Waals surface area contributed by atoms with Gasteiger partial charge in [0.2, 0.25) is 5.91 Å². The topological polar surface area (TPSA) is 94.0 Å². The zero-order chi connectivity index (χ0) is 20.0. The highest BCUT2D eigenvalue weighted by Gasteiger charge is 2.51. The molecule has 2 atom stereocenters. The largest absolute Gasteiger partial charge is 0.504 e. The van der Waals surface area contributed by atoms with Crippen LogP contribution in [0.25, 0.3) is 0 Å². The van der Waals surface area contributed by atoms with E-state index in [2.05, 4.69) is 21.7 Å². The van der Waals surface area contributed by atoms with Gasteiger partial charge in [0.05, 0.1) is 5.41 Å². The first-order valence-corrected chi connectivity index (χ1v) is 9.97. The van der Waals surface area contributed by atoms with Crippen LogP contribution in [0.5, 0.6) is 11.5 Å². The van der Waals surface area contributed by atoms with Gasteiger partial charge in [-0.3, -0.25) is 9.79 Å². The second-order valence-electron chi connectivity index (χ2n) is 8.14. The first-order chi connectivity index (χ1) is 14.0. The van der Waals surface area contributed by atoms with Gasteiger partial charge in [-0.25, -0.2) is 0 Å². The second kappa shape index (κ2) is 6.65. The number of carbonyl (C=O) groups excluding carboxylic acids is 1. The number of anilines is 2. The number of phenolic OH excluding ortho intramolecular Hbond substituents is 2. The van der Waals surface area contributed by atoms with Crippen molar-refractivity contribution in [3.8, 4) is 11.5 Å². The predicted octanol–water partition coefficient (Wildman–Crippen LogP) is 3.71. The van der Waals surface area contributed by atoms with E-state index in [4.69, 9.17) is 0 Å². The third kappa shape index (κ3) is 3.14. The van der Waals surface area contributed by atoms with E-state index >= 15 is 0 Å². The summed E-state index contributed by atoms with van der Waals surface area (Å²) in [6, 6.07) is 11.0. The molecule has 2 unspecified atom stereocenters. The summed E-state index contributed by atoms with van der Waals surface area (Å²) < 4.78 is 0. The molecule has 148 valence electrons. The van der Waals surface area contributed by atoms with E-state index in [1.807, 2.05) is 30.6 Å². The number of rotatable bonds is 4. The summed E-state index contributed by atoms with van der Waals surface area (Å²) in [6.45, 7) is 0. The van der Waals surface area contributed by atoms with Crippen molar-refractivity contribution < 1.29 is 15.0 Å². The van der Waals surface area contributed by atoms with Crippen molar-refractivity contribution in [2.24, 2.45) is 10.9 Å². The van der Waals surface area contributed by atoms with Crippen molar-refractivity contribution in [2.75, 3.05) is 10.6 Å². The molecule has 5 rings (SSSR count). The maximum atomic E-state index is 13.0. The molecule has 0 bridgehead atoms. The summed E-state index contributed by atoms with van der Waals surface area (Å²) in [5.41, 5.74) is 3.21. The normalized spacial score (nSPS) is 23.3. The number of aromatic hydroxyl groups is 2. The lowest BCUT2D eigenvalue weighted by Crippen LogP contribution is -2.27. The number of fused-ring (bicyclic) bond motifs is 1. The highest BCUT2D eigenvalue weighted by Crippen LogP contribution is 2.50. The predicted molar refractivity (Wildman–Crippen MR) is 113 cm³/mol. The van der Waals surface area contributed by atoms with Gasteiger partial charge in [-0.15, -0.1) is 0 Å². The highest BCUT2D eigenvalue weighted by molar-refractivity contribution is 6.01. The lowest BCUT2D eigenvalue weighted by atomic mass is 9.93. The van der Waals surface area contributed by atoms with E-state index in [1.165, 1.54) is 17.7 Å². The molecule has 2 aromatic rings. The van der Waals surface area contributed by atoms with Crippen molar-refractivity contribution >= 4 is 23.5 Å². The molecular weight excluding hydrogens is 366 g/mol. The Morgan fingerprint density at radius 2 is 2.00 bits per heavy atom. The van der Waals surface area contributed by atoms with Gasteiger partial charge in [0.15, 0.2) is 11.5 Å². The third-order valence-corrected chi connectivity index (χ3v) is 6.28. The summed E-state index contributed by atoms with van der Waals surface area (Å²) in [5.74, 6) is -0.0194. The fourth-order valence-electron chi connectivity index (χ4n) is 4.35. The Labute approximate surface area is 169 Å². The van der Waals surface area contributed by atoms with Gasteiger partial charge in [0.25, 0.3) is 0 Å². The third-order valence-electron chi connectivity index (χ3n) is 6.28. The molecule has 0 radical (unpaired) electrons. The minimum atomic E-state index is -0.628. The lowest BCUT2D eigenvalue weighted by molar-refractivity contribution is -0.118. The molecule has 0 aromatic heterocycles. The van der Waals surface area contributed by atoms with Gasteiger partial charge >= 0.3 is 0 Å². The smallest absolute Gasteiger partial charge is 0.235 e. The maximum absolute atomic E-state index is 13.0. The number of hydrogen-bond donors (Lipinski definition) is 4. The van der Waals surface area contributed by atoms with Crippen LogP contribution in [0.1, 0.15) is 30.4 Å². The van der Waals surface area contributed by atoms with E-state index in [0.29, 0.717) is 12.0 Å². The Balaban J connectivity index is 1.31. The Bertz CT molecular complexity index is 1040. The van der Waals surface area contributed by atoms with E-state index in [-0.39, 0.29) is 17.4 Å². The minimum Gasteiger partial charge on any atom is -0.504 e. The number of hydrogen-bond acceptors (Lipinski definition) is 5. The van der Waals surface area contributed by atoms with Gasteiger partial charge in [-0.1, -0.05) is 12.1 Å². The number of nitrogens with one attached hydrogen (secondary N) is 2. The van der Waals surface area contributed by atoms with Crippen molar-refractivity contribution in [3.63, 3.8) is 0 Å². The number of benzene rings is 2. The number of nitrogens with zero attached hydrogens (tertiary/aromatic N) is 1. The van der Waals surface area contributed by atoms with Crippen molar-refractivity contribution in [3.05, 3.63) is 59.8 Å². The molecule has 2 aliphatic heterocycles. The molecule has 1 aliphatic carbocycles. The average molecular weight is 389 g/mol. The van der Waals surface area contributed by atoms with Crippen LogP contribution in [0.2, 0.25) is 0 Å². The van der Waals surface area contributed by atoms with E-state index < -0.39 is 5.41 Å². The maximum Gasteiger partial charge on any atom is 0.235 e. The van der Waals surface area contributed by atoms with Gasteiger partial charge in [-0.2, -0.15) is 0 Å². The van der Waals surface area contributed by atoms with Crippen LogP contribution in [0.3, 0.4) is 0 Å². The Hall–Kier alpha value is -3.28. The lowest BCUT2D eigenvalue weighted by Gasteiger charge is -2.20. The minimum absolute atomic E-state index is 0.0727. The number of aliphatic imine (C=N–C) groups is 1. The summed E-state index contributed by atoms with van der Waals surface area (Å²) in [6.07, 6.45) is 9.28. The van der Waals surface area contributed by atoms with Crippen LogP contribution >= 0.6 is 0 Å². The summed E-state index contributed by atoms with van der Waals surface area (Å²) in [4.78, 5) is 17.2. The molecule has 1 amide bonds. The van der Waals surface area contributed by atoms with Crippen LogP contribution < -0.4 is 10.6 Å². The highest BCUT2D eigenvalue weighted by atomic mass is 16.3. The Kier molecular flexibility index (Phi) is 4.08. The summed E-state index contributed by atoms with van der Waals surface area (Å²) in [5, 5.41) is 26.0. The molecule has 1 fully saturated rings. The molecule has 2 aromatic carbocycles. The van der Waals surface area contributed by atoms with Crippen LogP contribution in [0.4, 0.5) is 11.4 Å². The fourth-order valence-corrected chi connectivity index (χ4v) is 4.35. The zero-order valence-corrected chi connectivity index (χ0v) is 15.9. The van der Waals surface area contributed by atoms with Crippen molar-refractivity contribution in [1.29, 1.82) is 0 Å². The van der Waals surface area contributed by atoms with Crippen LogP contribution in [0.15, 0.2) is 53.7 Å². The fraction of sp³-hybridized carbons (Fsp3) is 0.304. The number of phenols is 2. The number of carbonyl (C=O) groups is 1. The molecule has 0 saturated heterocycles. The summed E-state index contributed by atoms with van der Waals surface area (Å²) >= 11 is 0. The first kappa shape index (κ1) is 17.8. The van der Waals surface area contributed by atoms with E-state index in [0.717, 1.165) is 42.6 Å². The van der Waals surface area contributed by atoms with E-state index in [9.17, 15) is 15.0 Å². The molecule has 1 saturated carbocycles. The zero-order valence-electron chi connectivity index (χ0n) is 15.9. The first-order valence-electron chi connectivity index (χ1n) is 9.97. The molecule has 3 aliphatic rings. The van der Waals surface area contributed by atoms with Crippen LogP contribution in [-0.4, -0.2) is 28.4 Å². The SMILES string of the molecule is O=C(Nc1ccc2c(c1)CC(C1C=CN=CC1)N2)C1(c2ccc(O)c(O)c2)CC1. The molecule has 6 nitrogen and oxygen atoms in total.